The van der Waals surface area contributed by atoms with E-state index >= 15 is 0 Å². The summed E-state index contributed by atoms with van der Waals surface area (Å²) in [6.07, 6.45) is 1.68. The number of nitrogens with zero attached hydrogens (tertiary/aromatic N) is 2. The maximum atomic E-state index is 9.61. The standard InChI is InChI=1S/C17H18N2O2/c1-2-19(11-14-6-5-9-21-14)17-10-13(12-20)15-7-3-4-8-16(15)18-17/h3-10,20H,2,11-12H2,1H3. The van der Waals surface area contributed by atoms with Crippen LogP contribution in [0.4, 0.5) is 5.82 Å². The second kappa shape index (κ2) is 5.97. The molecule has 0 saturated heterocycles. The van der Waals surface area contributed by atoms with Gasteiger partial charge in [-0.15, -0.1) is 0 Å². The van der Waals surface area contributed by atoms with Gasteiger partial charge in [0.05, 0.1) is 24.9 Å². The Morgan fingerprint density at radius 1 is 1.19 bits per heavy atom. The van der Waals surface area contributed by atoms with Gasteiger partial charge in [-0.25, -0.2) is 4.98 Å². The van der Waals surface area contributed by atoms with Crippen molar-refractivity contribution < 1.29 is 9.52 Å². The molecule has 3 aromatic rings. The van der Waals surface area contributed by atoms with Gasteiger partial charge in [-0.05, 0) is 36.8 Å². The molecule has 3 rings (SSSR count). The van der Waals surface area contributed by atoms with Gasteiger partial charge in [-0.3, -0.25) is 0 Å². The van der Waals surface area contributed by atoms with Gasteiger partial charge >= 0.3 is 0 Å². The average Bonchev–Trinajstić information content (AvgIpc) is 3.04. The fraction of sp³-hybridized carbons (Fsp3) is 0.235. The molecule has 108 valence electrons. The quantitative estimate of drug-likeness (QED) is 0.779. The average molecular weight is 282 g/mol. The van der Waals surface area contributed by atoms with E-state index in [4.69, 9.17) is 9.40 Å². The smallest absolute Gasteiger partial charge is 0.130 e. The lowest BCUT2D eigenvalue weighted by Crippen LogP contribution is -2.23. The van der Waals surface area contributed by atoms with E-state index in [1.54, 1.807) is 6.26 Å². The predicted molar refractivity (Wildman–Crippen MR) is 83.1 cm³/mol. The molecule has 0 bridgehead atoms. The maximum absolute atomic E-state index is 9.61. The fourth-order valence-corrected chi connectivity index (χ4v) is 2.47. The normalized spacial score (nSPS) is 11.0. The number of furan rings is 1. The highest BCUT2D eigenvalue weighted by Crippen LogP contribution is 2.24. The Morgan fingerprint density at radius 3 is 2.76 bits per heavy atom. The van der Waals surface area contributed by atoms with Crippen LogP contribution in [0.15, 0.2) is 53.1 Å². The van der Waals surface area contributed by atoms with Gasteiger partial charge in [0.1, 0.15) is 11.6 Å². The third-order valence-corrected chi connectivity index (χ3v) is 3.59. The molecule has 1 N–H and O–H groups in total. The Balaban J connectivity index is 2.01. The number of pyridine rings is 1. The van der Waals surface area contributed by atoms with Crippen molar-refractivity contribution in [2.75, 3.05) is 11.4 Å². The van der Waals surface area contributed by atoms with Crippen LogP contribution in [0.25, 0.3) is 10.9 Å². The number of aliphatic hydroxyl groups excluding tert-OH is 1. The van der Waals surface area contributed by atoms with Crippen molar-refractivity contribution >= 4 is 16.7 Å². The molecule has 0 aliphatic carbocycles. The summed E-state index contributed by atoms with van der Waals surface area (Å²) in [6.45, 7) is 3.57. The molecular formula is C17H18N2O2. The van der Waals surface area contributed by atoms with Gasteiger partial charge in [0.2, 0.25) is 0 Å². The van der Waals surface area contributed by atoms with Gasteiger partial charge in [0.15, 0.2) is 0 Å². The summed E-state index contributed by atoms with van der Waals surface area (Å²) in [5.41, 5.74) is 1.80. The summed E-state index contributed by atoms with van der Waals surface area (Å²) >= 11 is 0. The van der Waals surface area contributed by atoms with Crippen LogP contribution >= 0.6 is 0 Å². The second-order valence-corrected chi connectivity index (χ2v) is 4.91. The maximum Gasteiger partial charge on any atom is 0.130 e. The second-order valence-electron chi connectivity index (χ2n) is 4.91. The van der Waals surface area contributed by atoms with E-state index in [1.165, 1.54) is 0 Å². The van der Waals surface area contributed by atoms with Gasteiger partial charge in [-0.1, -0.05) is 18.2 Å². The van der Waals surface area contributed by atoms with Crippen LogP contribution < -0.4 is 4.90 Å². The van der Waals surface area contributed by atoms with Crippen molar-refractivity contribution in [3.63, 3.8) is 0 Å². The highest BCUT2D eigenvalue weighted by molar-refractivity contribution is 5.84. The van der Waals surface area contributed by atoms with Crippen LogP contribution in [0.5, 0.6) is 0 Å². The lowest BCUT2D eigenvalue weighted by Gasteiger charge is -2.22. The Kier molecular flexibility index (Phi) is 3.88. The first-order valence-corrected chi connectivity index (χ1v) is 7.08. The highest BCUT2D eigenvalue weighted by Gasteiger charge is 2.12. The number of hydrogen-bond acceptors (Lipinski definition) is 4. The Morgan fingerprint density at radius 2 is 2.05 bits per heavy atom. The van der Waals surface area contributed by atoms with Crippen LogP contribution in [0.2, 0.25) is 0 Å². The zero-order valence-corrected chi connectivity index (χ0v) is 12.0. The molecule has 0 aliphatic rings. The molecular weight excluding hydrogens is 264 g/mol. The van der Waals surface area contributed by atoms with E-state index in [0.29, 0.717) is 6.54 Å². The van der Waals surface area contributed by atoms with Crippen LogP contribution in [0.1, 0.15) is 18.2 Å². The van der Waals surface area contributed by atoms with Crippen LogP contribution in [0, 0.1) is 0 Å². The van der Waals surface area contributed by atoms with Gasteiger partial charge < -0.3 is 14.4 Å². The van der Waals surface area contributed by atoms with Crippen molar-refractivity contribution in [1.29, 1.82) is 0 Å². The first kappa shape index (κ1) is 13.6. The third kappa shape index (κ3) is 2.76. The first-order chi connectivity index (χ1) is 10.3. The number of hydrogen-bond donors (Lipinski definition) is 1. The lowest BCUT2D eigenvalue weighted by atomic mass is 10.1. The first-order valence-electron chi connectivity index (χ1n) is 7.08. The molecule has 0 atom stereocenters. The number of para-hydroxylation sites is 1. The molecule has 0 saturated carbocycles. The van der Waals surface area contributed by atoms with Crippen molar-refractivity contribution in [1.82, 2.24) is 4.98 Å². The van der Waals surface area contributed by atoms with Crippen LogP contribution in [0.3, 0.4) is 0 Å². The zero-order valence-electron chi connectivity index (χ0n) is 12.0. The molecule has 0 unspecified atom stereocenters. The molecule has 4 heteroatoms. The SMILES string of the molecule is CCN(Cc1ccco1)c1cc(CO)c2ccccc2n1. The Labute approximate surface area is 123 Å². The number of anilines is 1. The van der Waals surface area contributed by atoms with Crippen LogP contribution in [-0.4, -0.2) is 16.6 Å². The minimum Gasteiger partial charge on any atom is -0.467 e. The molecule has 0 fully saturated rings. The minimum atomic E-state index is 0.00827. The van der Waals surface area contributed by atoms with Gasteiger partial charge in [0.25, 0.3) is 0 Å². The Bertz CT molecular complexity index is 723. The van der Waals surface area contributed by atoms with E-state index in [-0.39, 0.29) is 6.61 Å². The number of aromatic nitrogens is 1. The van der Waals surface area contributed by atoms with Crippen molar-refractivity contribution in [2.24, 2.45) is 0 Å². The number of benzene rings is 1. The highest BCUT2D eigenvalue weighted by atomic mass is 16.3. The Hall–Kier alpha value is -2.33. The topological polar surface area (TPSA) is 49.5 Å². The summed E-state index contributed by atoms with van der Waals surface area (Å²) in [5.74, 6) is 1.76. The monoisotopic (exact) mass is 282 g/mol. The largest absolute Gasteiger partial charge is 0.467 e. The molecule has 0 radical (unpaired) electrons. The molecule has 21 heavy (non-hydrogen) atoms. The predicted octanol–water partition coefficient (Wildman–Crippen LogP) is 3.35. The molecule has 0 amide bonds. The summed E-state index contributed by atoms with van der Waals surface area (Å²) in [7, 11) is 0. The van der Waals surface area contributed by atoms with E-state index in [2.05, 4.69) is 11.8 Å². The zero-order chi connectivity index (χ0) is 14.7. The summed E-state index contributed by atoms with van der Waals surface area (Å²) in [6, 6.07) is 13.7. The molecule has 4 nitrogen and oxygen atoms in total. The molecule has 0 aliphatic heterocycles. The van der Waals surface area contributed by atoms with Crippen molar-refractivity contribution in [2.45, 2.75) is 20.1 Å². The minimum absolute atomic E-state index is 0.00827. The number of rotatable bonds is 5. The van der Waals surface area contributed by atoms with Gasteiger partial charge in [0, 0.05) is 11.9 Å². The fourth-order valence-electron chi connectivity index (χ4n) is 2.47. The summed E-state index contributed by atoms with van der Waals surface area (Å²) in [4.78, 5) is 6.84. The van der Waals surface area contributed by atoms with Crippen LogP contribution in [-0.2, 0) is 13.2 Å². The van der Waals surface area contributed by atoms with Gasteiger partial charge in [-0.2, -0.15) is 0 Å². The van der Waals surface area contributed by atoms with Crippen molar-refractivity contribution in [3.8, 4) is 0 Å². The van der Waals surface area contributed by atoms with E-state index in [1.807, 2.05) is 42.5 Å². The van der Waals surface area contributed by atoms with E-state index < -0.39 is 0 Å². The number of fused-ring (bicyclic) bond motifs is 1. The third-order valence-electron chi connectivity index (χ3n) is 3.59. The molecule has 1 aromatic carbocycles. The molecule has 2 heterocycles. The van der Waals surface area contributed by atoms with Crippen molar-refractivity contribution in [3.05, 3.63) is 60.1 Å². The summed E-state index contributed by atoms with van der Waals surface area (Å²) < 4.78 is 5.41. The summed E-state index contributed by atoms with van der Waals surface area (Å²) in [5, 5.41) is 10.6. The number of aliphatic hydroxyl groups is 1. The molecule has 2 aromatic heterocycles. The van der Waals surface area contributed by atoms with E-state index in [0.717, 1.165) is 34.6 Å². The van der Waals surface area contributed by atoms with E-state index in [9.17, 15) is 5.11 Å². The molecule has 0 spiro atoms. The lowest BCUT2D eigenvalue weighted by molar-refractivity contribution is 0.283.